The van der Waals surface area contributed by atoms with Gasteiger partial charge in [0.15, 0.2) is 0 Å². The highest BCUT2D eigenvalue weighted by Gasteiger charge is 2.06. The third kappa shape index (κ3) is 2.12. The minimum absolute atomic E-state index is 0.0801. The normalized spacial score (nSPS) is 15.7. The van der Waals surface area contributed by atoms with Gasteiger partial charge in [-0.2, -0.15) is 0 Å². The van der Waals surface area contributed by atoms with Crippen molar-refractivity contribution in [3.63, 3.8) is 0 Å². The first-order valence-electron chi connectivity index (χ1n) is 6.04. The Morgan fingerprint density at radius 2 is 1.67 bits per heavy atom. The maximum absolute atomic E-state index is 14.1. The van der Waals surface area contributed by atoms with E-state index in [1.54, 1.807) is 6.08 Å². The predicted molar refractivity (Wildman–Crippen MR) is 74.8 cm³/mol. The van der Waals surface area contributed by atoms with E-state index in [9.17, 15) is 4.39 Å². The summed E-state index contributed by atoms with van der Waals surface area (Å²) < 4.78 is 14.1. The van der Waals surface area contributed by atoms with E-state index in [4.69, 9.17) is 0 Å². The summed E-state index contributed by atoms with van der Waals surface area (Å²) in [5, 5.41) is 2.20. The van der Waals surface area contributed by atoms with Crippen LogP contribution < -0.4 is 0 Å². The average Bonchev–Trinajstić information content (AvgIpc) is 2.91. The number of benzene rings is 2. The Morgan fingerprint density at radius 1 is 0.944 bits per heavy atom. The molecule has 1 heteroatoms. The molecule has 88 valence electrons. The van der Waals surface area contributed by atoms with Crippen molar-refractivity contribution in [3.05, 3.63) is 78.4 Å². The molecule has 0 spiro atoms. The highest BCUT2D eigenvalue weighted by molar-refractivity contribution is 5.85. The van der Waals surface area contributed by atoms with Gasteiger partial charge in [0.1, 0.15) is 5.83 Å². The number of allylic oxidation sites excluding steroid dienone is 5. The summed E-state index contributed by atoms with van der Waals surface area (Å²) in [6, 6.07) is 13.7. The fourth-order valence-electron chi connectivity index (χ4n) is 2.16. The van der Waals surface area contributed by atoms with Crippen molar-refractivity contribution in [2.75, 3.05) is 0 Å². The molecule has 3 rings (SSSR count). The summed E-state index contributed by atoms with van der Waals surface area (Å²) in [4.78, 5) is 0. The van der Waals surface area contributed by atoms with Gasteiger partial charge in [0, 0.05) is 11.5 Å². The van der Waals surface area contributed by atoms with Crippen molar-refractivity contribution in [1.82, 2.24) is 0 Å². The molecular weight excluding hydrogens is 223 g/mol. The maximum Gasteiger partial charge on any atom is 0.127 e. The molecule has 0 amide bonds. The van der Waals surface area contributed by atoms with Crippen molar-refractivity contribution in [2.45, 2.75) is 0 Å². The van der Waals surface area contributed by atoms with Crippen molar-refractivity contribution in [2.24, 2.45) is 5.92 Å². The van der Waals surface area contributed by atoms with Crippen LogP contribution in [0.2, 0.25) is 0 Å². The van der Waals surface area contributed by atoms with Crippen LogP contribution in [0.5, 0.6) is 0 Å². The molecule has 0 N–H and O–H groups in total. The third-order valence-corrected chi connectivity index (χ3v) is 3.14. The molecular formula is C17H13F. The summed E-state index contributed by atoms with van der Waals surface area (Å²) in [6.07, 6.45) is 9.47. The number of hydrogen-bond acceptors (Lipinski definition) is 0. The van der Waals surface area contributed by atoms with Crippen molar-refractivity contribution in [3.8, 4) is 0 Å². The van der Waals surface area contributed by atoms with E-state index in [1.165, 1.54) is 0 Å². The molecule has 2 aromatic carbocycles. The monoisotopic (exact) mass is 236 g/mol. The van der Waals surface area contributed by atoms with Gasteiger partial charge >= 0.3 is 0 Å². The van der Waals surface area contributed by atoms with Crippen LogP contribution >= 0.6 is 0 Å². The zero-order chi connectivity index (χ0) is 12.4. The lowest BCUT2D eigenvalue weighted by Crippen LogP contribution is -1.85. The third-order valence-electron chi connectivity index (χ3n) is 3.14. The Balaban J connectivity index is 1.98. The zero-order valence-corrected chi connectivity index (χ0v) is 9.88. The number of hydrogen-bond donors (Lipinski definition) is 0. The van der Waals surface area contributed by atoms with Gasteiger partial charge in [0.05, 0.1) is 0 Å². The van der Waals surface area contributed by atoms with Crippen LogP contribution in [0, 0.1) is 5.92 Å². The Morgan fingerprint density at radius 3 is 2.44 bits per heavy atom. The predicted octanol–water partition coefficient (Wildman–Crippen LogP) is 4.89. The van der Waals surface area contributed by atoms with Crippen molar-refractivity contribution >= 4 is 16.6 Å². The summed E-state index contributed by atoms with van der Waals surface area (Å²) >= 11 is 0. The number of fused-ring (bicyclic) bond motifs is 1. The quantitative estimate of drug-likeness (QED) is 0.696. The van der Waals surface area contributed by atoms with Crippen LogP contribution in [0.25, 0.3) is 16.6 Å². The standard InChI is InChI=1S/C17H13F/c18-17(11-13-5-1-2-6-13)16-10-9-14-7-3-4-8-15(14)12-16/h1-13H/b17-11-. The molecule has 18 heavy (non-hydrogen) atoms. The Labute approximate surface area is 106 Å². The molecule has 0 saturated carbocycles. The minimum Gasteiger partial charge on any atom is -0.207 e. The topological polar surface area (TPSA) is 0 Å². The van der Waals surface area contributed by atoms with Crippen LogP contribution in [0.4, 0.5) is 4.39 Å². The van der Waals surface area contributed by atoms with E-state index in [0.29, 0.717) is 5.56 Å². The van der Waals surface area contributed by atoms with Crippen LogP contribution in [-0.4, -0.2) is 0 Å². The fourth-order valence-corrected chi connectivity index (χ4v) is 2.16. The lowest BCUT2D eigenvalue weighted by Gasteiger charge is -2.03. The van der Waals surface area contributed by atoms with Crippen molar-refractivity contribution < 1.29 is 4.39 Å². The summed E-state index contributed by atoms with van der Waals surface area (Å²) in [5.74, 6) is -0.0848. The first kappa shape index (κ1) is 11.0. The average molecular weight is 236 g/mol. The Bertz CT molecular complexity index is 650. The van der Waals surface area contributed by atoms with Gasteiger partial charge in [-0.25, -0.2) is 4.39 Å². The Kier molecular flexibility index (Phi) is 2.81. The molecule has 0 fully saturated rings. The zero-order valence-electron chi connectivity index (χ0n) is 9.88. The molecule has 0 saturated heterocycles. The number of rotatable bonds is 2. The summed E-state index contributed by atoms with van der Waals surface area (Å²) in [5.41, 5.74) is 0.641. The minimum atomic E-state index is -0.165. The lowest BCUT2D eigenvalue weighted by molar-refractivity contribution is 0.751. The van der Waals surface area contributed by atoms with Gasteiger partial charge in [-0.3, -0.25) is 0 Å². The summed E-state index contributed by atoms with van der Waals surface area (Å²) in [7, 11) is 0. The molecule has 1 aliphatic carbocycles. The van der Waals surface area contributed by atoms with Crippen LogP contribution in [0.15, 0.2) is 72.8 Å². The second-order valence-electron chi connectivity index (χ2n) is 4.42. The van der Waals surface area contributed by atoms with Gasteiger partial charge in [-0.15, -0.1) is 0 Å². The summed E-state index contributed by atoms with van der Waals surface area (Å²) in [6.45, 7) is 0. The fraction of sp³-hybridized carbons (Fsp3) is 0.0588. The van der Waals surface area contributed by atoms with Gasteiger partial charge in [-0.05, 0) is 22.9 Å². The largest absolute Gasteiger partial charge is 0.207 e. The maximum atomic E-state index is 14.1. The smallest absolute Gasteiger partial charge is 0.127 e. The van der Waals surface area contributed by atoms with E-state index in [0.717, 1.165) is 10.8 Å². The first-order chi connectivity index (χ1) is 8.83. The molecule has 0 radical (unpaired) electrons. The molecule has 2 aromatic rings. The Hall–Kier alpha value is -2.15. The van der Waals surface area contributed by atoms with Gasteiger partial charge in [0.2, 0.25) is 0 Å². The first-order valence-corrected chi connectivity index (χ1v) is 6.04. The van der Waals surface area contributed by atoms with Crippen LogP contribution in [0.3, 0.4) is 0 Å². The lowest BCUT2D eigenvalue weighted by atomic mass is 10.0. The van der Waals surface area contributed by atoms with Gasteiger partial charge < -0.3 is 0 Å². The molecule has 0 bridgehead atoms. The SMILES string of the molecule is F/C(=C\C1C=CC=C1)c1ccc2ccccc2c1. The van der Waals surface area contributed by atoms with Gasteiger partial charge in [0.25, 0.3) is 0 Å². The van der Waals surface area contributed by atoms with E-state index in [2.05, 4.69) is 0 Å². The van der Waals surface area contributed by atoms with E-state index < -0.39 is 0 Å². The molecule has 0 nitrogen and oxygen atoms in total. The van der Waals surface area contributed by atoms with E-state index in [1.807, 2.05) is 66.8 Å². The van der Waals surface area contributed by atoms with E-state index in [-0.39, 0.29) is 11.7 Å². The molecule has 1 aliphatic rings. The van der Waals surface area contributed by atoms with Crippen LogP contribution in [0.1, 0.15) is 5.56 Å². The second-order valence-corrected chi connectivity index (χ2v) is 4.42. The second kappa shape index (κ2) is 4.61. The number of halogens is 1. The highest BCUT2D eigenvalue weighted by Crippen LogP contribution is 2.24. The molecule has 0 aromatic heterocycles. The molecule has 0 unspecified atom stereocenters. The molecule has 0 heterocycles. The van der Waals surface area contributed by atoms with Gasteiger partial charge in [-0.1, -0.05) is 60.7 Å². The van der Waals surface area contributed by atoms with Crippen LogP contribution in [-0.2, 0) is 0 Å². The van der Waals surface area contributed by atoms with E-state index >= 15 is 0 Å². The van der Waals surface area contributed by atoms with Crippen molar-refractivity contribution in [1.29, 1.82) is 0 Å². The molecule has 0 atom stereocenters. The molecule has 0 aliphatic heterocycles. The highest BCUT2D eigenvalue weighted by atomic mass is 19.1.